The van der Waals surface area contributed by atoms with E-state index in [9.17, 15) is 0 Å². The second-order valence-electron chi connectivity index (χ2n) is 5.61. The van der Waals surface area contributed by atoms with Crippen LogP contribution in [0.2, 0.25) is 0 Å². The number of hydrogen-bond acceptors (Lipinski definition) is 2. The summed E-state index contributed by atoms with van der Waals surface area (Å²) in [5, 5.41) is 3.57. The molecule has 1 N–H and O–H groups in total. The second-order valence-corrected chi connectivity index (χ2v) is 6.47. The van der Waals surface area contributed by atoms with Crippen LogP contribution in [-0.4, -0.2) is 26.8 Å². The SMILES string of the molecule is COCC(C)C(CNCC(C)C)c1ccccc1Br. The monoisotopic (exact) mass is 327 g/mol. The minimum Gasteiger partial charge on any atom is -0.384 e. The molecule has 0 radical (unpaired) electrons. The molecular formula is C16H26BrNO. The van der Waals surface area contributed by atoms with Crippen LogP contribution in [0.1, 0.15) is 32.3 Å². The molecule has 3 heteroatoms. The first-order chi connectivity index (χ1) is 9.06. The molecule has 0 spiro atoms. The molecule has 2 unspecified atom stereocenters. The van der Waals surface area contributed by atoms with E-state index in [-0.39, 0.29) is 0 Å². The Labute approximate surface area is 126 Å². The van der Waals surface area contributed by atoms with Crippen molar-refractivity contribution >= 4 is 15.9 Å². The normalized spacial score (nSPS) is 14.6. The van der Waals surface area contributed by atoms with Gasteiger partial charge in [-0.3, -0.25) is 0 Å². The van der Waals surface area contributed by atoms with Gasteiger partial charge in [0.25, 0.3) is 0 Å². The Morgan fingerprint density at radius 3 is 2.42 bits per heavy atom. The Balaban J connectivity index is 2.77. The van der Waals surface area contributed by atoms with Crippen molar-refractivity contribution in [1.29, 1.82) is 0 Å². The summed E-state index contributed by atoms with van der Waals surface area (Å²) >= 11 is 3.67. The molecule has 19 heavy (non-hydrogen) atoms. The molecule has 0 fully saturated rings. The van der Waals surface area contributed by atoms with E-state index >= 15 is 0 Å². The van der Waals surface area contributed by atoms with Gasteiger partial charge >= 0.3 is 0 Å². The number of ether oxygens (including phenoxy) is 1. The van der Waals surface area contributed by atoms with Gasteiger partial charge in [0.15, 0.2) is 0 Å². The van der Waals surface area contributed by atoms with Crippen molar-refractivity contribution < 1.29 is 4.74 Å². The Kier molecular flexibility index (Phi) is 7.66. The average Bonchev–Trinajstić information content (AvgIpc) is 2.36. The number of nitrogens with one attached hydrogen (secondary N) is 1. The molecule has 0 heterocycles. The summed E-state index contributed by atoms with van der Waals surface area (Å²) in [7, 11) is 1.77. The van der Waals surface area contributed by atoms with E-state index in [2.05, 4.69) is 66.3 Å². The highest BCUT2D eigenvalue weighted by atomic mass is 79.9. The first-order valence-electron chi connectivity index (χ1n) is 7.00. The predicted molar refractivity (Wildman–Crippen MR) is 85.6 cm³/mol. The number of rotatable bonds is 8. The maximum absolute atomic E-state index is 5.33. The van der Waals surface area contributed by atoms with E-state index in [1.54, 1.807) is 7.11 Å². The van der Waals surface area contributed by atoms with Gasteiger partial charge < -0.3 is 10.1 Å². The van der Waals surface area contributed by atoms with Gasteiger partial charge in [-0.2, -0.15) is 0 Å². The number of benzene rings is 1. The van der Waals surface area contributed by atoms with Crippen LogP contribution in [0.4, 0.5) is 0 Å². The lowest BCUT2D eigenvalue weighted by Gasteiger charge is -2.26. The maximum Gasteiger partial charge on any atom is 0.0494 e. The molecule has 1 aromatic carbocycles. The van der Waals surface area contributed by atoms with Gasteiger partial charge in [0, 0.05) is 30.7 Å². The van der Waals surface area contributed by atoms with Gasteiger partial charge in [-0.25, -0.2) is 0 Å². The molecule has 0 saturated carbocycles. The van der Waals surface area contributed by atoms with Gasteiger partial charge in [0.2, 0.25) is 0 Å². The van der Waals surface area contributed by atoms with E-state index < -0.39 is 0 Å². The topological polar surface area (TPSA) is 21.3 Å². The van der Waals surface area contributed by atoms with Crippen molar-refractivity contribution in [1.82, 2.24) is 5.32 Å². The summed E-state index contributed by atoms with van der Waals surface area (Å²) < 4.78 is 6.52. The van der Waals surface area contributed by atoms with Crippen molar-refractivity contribution in [2.24, 2.45) is 11.8 Å². The third-order valence-electron chi connectivity index (χ3n) is 3.34. The molecule has 0 bridgehead atoms. The zero-order valence-electron chi connectivity index (χ0n) is 12.4. The highest BCUT2D eigenvalue weighted by Crippen LogP contribution is 2.30. The maximum atomic E-state index is 5.33. The molecule has 108 valence electrons. The number of halogens is 1. The van der Waals surface area contributed by atoms with E-state index in [1.165, 1.54) is 10.0 Å². The van der Waals surface area contributed by atoms with Crippen LogP contribution in [0.25, 0.3) is 0 Å². The lowest BCUT2D eigenvalue weighted by molar-refractivity contribution is 0.145. The standard InChI is InChI=1S/C16H26BrNO/c1-12(2)9-18-10-15(13(3)11-19-4)14-7-5-6-8-16(14)17/h5-8,12-13,15,18H,9-11H2,1-4H3. The fourth-order valence-corrected chi connectivity index (χ4v) is 2.88. The summed E-state index contributed by atoms with van der Waals surface area (Å²) in [6.07, 6.45) is 0. The van der Waals surface area contributed by atoms with E-state index in [4.69, 9.17) is 4.74 Å². The second kappa shape index (κ2) is 8.72. The van der Waals surface area contributed by atoms with Gasteiger partial charge in [0.05, 0.1) is 0 Å². The third-order valence-corrected chi connectivity index (χ3v) is 4.06. The van der Waals surface area contributed by atoms with Crippen molar-refractivity contribution in [2.45, 2.75) is 26.7 Å². The summed E-state index contributed by atoms with van der Waals surface area (Å²) in [5.41, 5.74) is 1.36. The number of hydrogen-bond donors (Lipinski definition) is 1. The quantitative estimate of drug-likeness (QED) is 0.777. The lowest BCUT2D eigenvalue weighted by Crippen LogP contribution is -2.30. The fraction of sp³-hybridized carbons (Fsp3) is 0.625. The van der Waals surface area contributed by atoms with Crippen molar-refractivity contribution in [2.75, 3.05) is 26.8 Å². The van der Waals surface area contributed by atoms with Gasteiger partial charge in [0.1, 0.15) is 0 Å². The molecule has 0 aliphatic carbocycles. The van der Waals surface area contributed by atoms with E-state index in [0.717, 1.165) is 19.7 Å². The molecule has 0 amide bonds. The molecule has 0 aliphatic heterocycles. The predicted octanol–water partition coefficient (Wildman–Crippen LogP) is 4.06. The summed E-state index contributed by atoms with van der Waals surface area (Å²) in [4.78, 5) is 0. The molecule has 1 aromatic rings. The largest absolute Gasteiger partial charge is 0.384 e. The van der Waals surface area contributed by atoms with Crippen LogP contribution in [-0.2, 0) is 4.74 Å². The lowest BCUT2D eigenvalue weighted by atomic mass is 9.87. The van der Waals surface area contributed by atoms with Crippen LogP contribution >= 0.6 is 15.9 Å². The van der Waals surface area contributed by atoms with Gasteiger partial charge in [-0.05, 0) is 30.0 Å². The highest BCUT2D eigenvalue weighted by molar-refractivity contribution is 9.10. The van der Waals surface area contributed by atoms with Crippen molar-refractivity contribution in [3.63, 3.8) is 0 Å². The highest BCUT2D eigenvalue weighted by Gasteiger charge is 2.21. The molecule has 2 atom stereocenters. The van der Waals surface area contributed by atoms with Gasteiger partial charge in [-0.1, -0.05) is 54.9 Å². The Hall–Kier alpha value is -0.380. The minimum atomic E-state index is 0.467. The molecule has 2 nitrogen and oxygen atoms in total. The average molecular weight is 328 g/mol. The zero-order valence-corrected chi connectivity index (χ0v) is 14.0. The zero-order chi connectivity index (χ0) is 14.3. The first-order valence-corrected chi connectivity index (χ1v) is 7.79. The van der Waals surface area contributed by atoms with Crippen LogP contribution in [0, 0.1) is 11.8 Å². The molecular weight excluding hydrogens is 302 g/mol. The van der Waals surface area contributed by atoms with Crippen LogP contribution in [0.5, 0.6) is 0 Å². The molecule has 1 rings (SSSR count). The minimum absolute atomic E-state index is 0.467. The Bertz CT molecular complexity index is 368. The van der Waals surface area contributed by atoms with Gasteiger partial charge in [-0.15, -0.1) is 0 Å². The number of methoxy groups -OCH3 is 1. The Morgan fingerprint density at radius 1 is 1.16 bits per heavy atom. The summed E-state index contributed by atoms with van der Waals surface area (Å²) in [6.45, 7) is 9.56. The fourth-order valence-electron chi connectivity index (χ4n) is 2.30. The van der Waals surface area contributed by atoms with Crippen molar-refractivity contribution in [3.05, 3.63) is 34.3 Å². The molecule has 0 saturated heterocycles. The summed E-state index contributed by atoms with van der Waals surface area (Å²) in [6, 6.07) is 8.49. The summed E-state index contributed by atoms with van der Waals surface area (Å²) in [5.74, 6) is 1.63. The van der Waals surface area contributed by atoms with Crippen LogP contribution in [0.15, 0.2) is 28.7 Å². The molecule has 0 aromatic heterocycles. The van der Waals surface area contributed by atoms with E-state index in [1.807, 2.05) is 0 Å². The van der Waals surface area contributed by atoms with Crippen LogP contribution < -0.4 is 5.32 Å². The van der Waals surface area contributed by atoms with E-state index in [0.29, 0.717) is 17.8 Å². The first kappa shape index (κ1) is 16.7. The third kappa shape index (κ3) is 5.64. The van der Waals surface area contributed by atoms with Crippen LogP contribution in [0.3, 0.4) is 0 Å². The molecule has 0 aliphatic rings. The Morgan fingerprint density at radius 2 is 1.84 bits per heavy atom. The smallest absolute Gasteiger partial charge is 0.0494 e. The van der Waals surface area contributed by atoms with Crippen molar-refractivity contribution in [3.8, 4) is 0 Å².